The van der Waals surface area contributed by atoms with Crippen molar-refractivity contribution in [1.29, 1.82) is 0 Å². The van der Waals surface area contributed by atoms with Crippen LogP contribution in [0.1, 0.15) is 27.4 Å². The summed E-state index contributed by atoms with van der Waals surface area (Å²) in [5.74, 6) is 1.43. The fourth-order valence-electron chi connectivity index (χ4n) is 3.50. The summed E-state index contributed by atoms with van der Waals surface area (Å²) in [4.78, 5) is 1.20. The quantitative estimate of drug-likeness (QED) is 0.389. The van der Waals surface area contributed by atoms with Crippen LogP contribution in [-0.2, 0) is 6.54 Å². The third-order valence-corrected chi connectivity index (χ3v) is 5.80. The van der Waals surface area contributed by atoms with Crippen LogP contribution >= 0.6 is 11.3 Å². The number of hydrogen-bond acceptors (Lipinski definition) is 6. The van der Waals surface area contributed by atoms with Crippen LogP contribution in [0, 0.1) is 19.1 Å². The van der Waals surface area contributed by atoms with Crippen molar-refractivity contribution >= 4 is 23.0 Å². The van der Waals surface area contributed by atoms with E-state index in [9.17, 15) is 5.21 Å². The molecule has 7 nitrogen and oxygen atoms in total. The van der Waals surface area contributed by atoms with Gasteiger partial charge in [-0.2, -0.15) is 9.83 Å². The van der Waals surface area contributed by atoms with Crippen molar-refractivity contribution in [3.05, 3.63) is 93.5 Å². The normalized spacial score (nSPS) is 12.9. The molecule has 3 aromatic heterocycles. The van der Waals surface area contributed by atoms with Crippen LogP contribution in [0.25, 0.3) is 5.00 Å². The molecule has 0 saturated heterocycles. The van der Waals surface area contributed by atoms with E-state index in [-0.39, 0.29) is 0 Å². The topological polar surface area (TPSA) is 73.2 Å². The van der Waals surface area contributed by atoms with Crippen LogP contribution in [0.3, 0.4) is 0 Å². The Kier molecular flexibility index (Phi) is 4.13. The first-order chi connectivity index (χ1) is 14.1. The number of benzene rings is 1. The highest BCUT2D eigenvalue weighted by atomic mass is 32.1. The maximum Gasteiger partial charge on any atom is 0.253 e. The number of nitrogens with zero attached hydrogens (tertiary/aromatic N) is 6. The van der Waals surface area contributed by atoms with E-state index >= 15 is 0 Å². The summed E-state index contributed by atoms with van der Waals surface area (Å²) in [5.41, 5.74) is 3.80. The largest absolute Gasteiger partial charge is 0.619 e. The summed E-state index contributed by atoms with van der Waals surface area (Å²) in [7, 11) is 0. The summed E-state index contributed by atoms with van der Waals surface area (Å²) in [6, 6.07) is 15.9. The fraction of sp³-hybridized carbons (Fsp3) is 0.143. The van der Waals surface area contributed by atoms with E-state index in [0.717, 1.165) is 38.0 Å². The molecule has 1 aliphatic heterocycles. The van der Waals surface area contributed by atoms with Crippen LogP contribution < -0.4 is 9.74 Å². The Bertz CT molecular complexity index is 1230. The van der Waals surface area contributed by atoms with Gasteiger partial charge in [-0.1, -0.05) is 30.3 Å². The first kappa shape index (κ1) is 17.6. The van der Waals surface area contributed by atoms with Gasteiger partial charge in [0, 0.05) is 27.6 Å². The second-order valence-corrected chi connectivity index (χ2v) is 8.14. The standard InChI is InChI=1S/C21H18N6OS/c1-14-11-18-19(17-8-4-3-5-9-17)24-26(13-16-7-6-10-25(28)12-16)21-23-22-15(2)27(21)20(18)29-14/h3-12H,13H2,1-2H3. The van der Waals surface area contributed by atoms with Crippen molar-refractivity contribution in [2.75, 3.05) is 5.01 Å². The average Bonchev–Trinajstić information content (AvgIpc) is 3.25. The molecule has 0 bridgehead atoms. The zero-order valence-electron chi connectivity index (χ0n) is 16.0. The number of fused-ring (bicyclic) bond motifs is 3. The van der Waals surface area contributed by atoms with E-state index < -0.39 is 0 Å². The molecular weight excluding hydrogens is 384 g/mol. The lowest BCUT2D eigenvalue weighted by Gasteiger charge is -2.17. The highest BCUT2D eigenvalue weighted by Crippen LogP contribution is 2.35. The zero-order chi connectivity index (χ0) is 20.0. The first-order valence-corrected chi connectivity index (χ1v) is 10.0. The number of rotatable bonds is 3. The highest BCUT2D eigenvalue weighted by Gasteiger charge is 2.28. The number of aryl methyl sites for hydroxylation is 2. The molecule has 1 aliphatic rings. The van der Waals surface area contributed by atoms with E-state index in [1.54, 1.807) is 23.6 Å². The molecule has 0 fully saturated rings. The van der Waals surface area contributed by atoms with Crippen LogP contribution in [0.2, 0.25) is 0 Å². The molecule has 5 rings (SSSR count). The Morgan fingerprint density at radius 3 is 2.69 bits per heavy atom. The zero-order valence-corrected chi connectivity index (χ0v) is 16.8. The van der Waals surface area contributed by atoms with Crippen molar-refractivity contribution in [3.63, 3.8) is 0 Å². The SMILES string of the molecule is Cc1cc2c(s1)-n1c(C)nnc1N(Cc1ccc[n+]([O-])c1)N=C2c1ccccc1. The van der Waals surface area contributed by atoms with Gasteiger partial charge in [0.25, 0.3) is 5.95 Å². The van der Waals surface area contributed by atoms with E-state index in [2.05, 4.69) is 35.3 Å². The molecule has 0 N–H and O–H groups in total. The molecule has 8 heteroatoms. The second kappa shape index (κ2) is 6.82. The monoisotopic (exact) mass is 402 g/mol. The summed E-state index contributed by atoms with van der Waals surface area (Å²) in [5, 5.41) is 28.3. The van der Waals surface area contributed by atoms with Gasteiger partial charge in [0.2, 0.25) is 0 Å². The summed E-state index contributed by atoms with van der Waals surface area (Å²) in [6.45, 7) is 4.44. The predicted octanol–water partition coefficient (Wildman–Crippen LogP) is 3.35. The van der Waals surface area contributed by atoms with Crippen molar-refractivity contribution < 1.29 is 4.73 Å². The Morgan fingerprint density at radius 1 is 1.07 bits per heavy atom. The van der Waals surface area contributed by atoms with E-state index in [0.29, 0.717) is 12.5 Å². The molecule has 0 atom stereocenters. The number of anilines is 1. The Balaban J connectivity index is 1.73. The minimum Gasteiger partial charge on any atom is -0.619 e. The molecule has 0 radical (unpaired) electrons. The number of hydrazone groups is 1. The van der Waals surface area contributed by atoms with Gasteiger partial charge in [-0.05, 0) is 26.0 Å². The number of thiophene rings is 1. The number of aromatic nitrogens is 4. The minimum absolute atomic E-state index is 0.408. The predicted molar refractivity (Wildman–Crippen MR) is 112 cm³/mol. The molecule has 144 valence electrons. The van der Waals surface area contributed by atoms with Crippen LogP contribution in [-0.4, -0.2) is 20.5 Å². The van der Waals surface area contributed by atoms with Gasteiger partial charge in [0.1, 0.15) is 16.5 Å². The van der Waals surface area contributed by atoms with Crippen LogP contribution in [0.4, 0.5) is 5.95 Å². The van der Waals surface area contributed by atoms with Crippen molar-refractivity contribution in [1.82, 2.24) is 14.8 Å². The van der Waals surface area contributed by atoms with Gasteiger partial charge in [-0.3, -0.25) is 4.57 Å². The van der Waals surface area contributed by atoms with Crippen LogP contribution in [0.15, 0.2) is 66.0 Å². The molecule has 0 spiro atoms. The van der Waals surface area contributed by atoms with Gasteiger partial charge in [0.05, 0.1) is 6.54 Å². The molecule has 4 aromatic rings. The summed E-state index contributed by atoms with van der Waals surface area (Å²) < 4.78 is 2.84. The highest BCUT2D eigenvalue weighted by molar-refractivity contribution is 7.15. The molecule has 0 amide bonds. The summed E-state index contributed by atoms with van der Waals surface area (Å²) in [6.07, 6.45) is 3.02. The van der Waals surface area contributed by atoms with Gasteiger partial charge >= 0.3 is 0 Å². The molecular formula is C21H18N6OS. The van der Waals surface area contributed by atoms with E-state index in [1.807, 2.05) is 40.8 Å². The molecule has 29 heavy (non-hydrogen) atoms. The van der Waals surface area contributed by atoms with E-state index in [4.69, 9.17) is 5.10 Å². The van der Waals surface area contributed by atoms with Gasteiger partial charge < -0.3 is 5.21 Å². The van der Waals surface area contributed by atoms with E-state index in [1.165, 1.54) is 11.1 Å². The lowest BCUT2D eigenvalue weighted by Crippen LogP contribution is -2.27. The maximum atomic E-state index is 11.7. The molecule has 0 unspecified atom stereocenters. The minimum atomic E-state index is 0.408. The molecule has 4 heterocycles. The summed E-state index contributed by atoms with van der Waals surface area (Å²) >= 11 is 1.70. The van der Waals surface area contributed by atoms with Crippen molar-refractivity contribution in [3.8, 4) is 5.00 Å². The van der Waals surface area contributed by atoms with Gasteiger partial charge in [0.15, 0.2) is 12.4 Å². The smallest absolute Gasteiger partial charge is 0.253 e. The second-order valence-electron chi connectivity index (χ2n) is 6.90. The lowest BCUT2D eigenvalue weighted by molar-refractivity contribution is -0.605. The average molecular weight is 402 g/mol. The van der Waals surface area contributed by atoms with Gasteiger partial charge in [-0.25, -0.2) is 5.01 Å². The third kappa shape index (κ3) is 3.07. The Hall–Kier alpha value is -3.52. The molecule has 1 aromatic carbocycles. The molecule has 0 aliphatic carbocycles. The van der Waals surface area contributed by atoms with Crippen molar-refractivity contribution in [2.45, 2.75) is 20.4 Å². The lowest BCUT2D eigenvalue weighted by atomic mass is 10.0. The number of pyridine rings is 1. The number of hydrogen-bond donors (Lipinski definition) is 0. The maximum absolute atomic E-state index is 11.7. The fourth-order valence-corrected chi connectivity index (χ4v) is 4.55. The first-order valence-electron chi connectivity index (χ1n) is 9.22. The Morgan fingerprint density at radius 2 is 1.90 bits per heavy atom. The van der Waals surface area contributed by atoms with Crippen LogP contribution in [0.5, 0.6) is 0 Å². The third-order valence-electron chi connectivity index (χ3n) is 4.77. The van der Waals surface area contributed by atoms with Crippen molar-refractivity contribution in [2.24, 2.45) is 5.10 Å². The van der Waals surface area contributed by atoms with Gasteiger partial charge in [-0.15, -0.1) is 21.5 Å². The Labute approximate surface area is 171 Å². The molecule has 0 saturated carbocycles.